The zero-order valence-electron chi connectivity index (χ0n) is 11.6. The normalized spacial score (nSPS) is 42.8. The van der Waals surface area contributed by atoms with Gasteiger partial charge in [0.2, 0.25) is 5.79 Å². The maximum atomic E-state index is 10.5. The second-order valence-electron chi connectivity index (χ2n) is 5.62. The smallest absolute Gasteiger partial charge is 0.228 e. The molecule has 1 N–H and O–H groups in total. The zero-order chi connectivity index (χ0) is 13.4. The topological polar surface area (TPSA) is 57.2 Å². The van der Waals surface area contributed by atoms with Gasteiger partial charge in [0.1, 0.15) is 18.3 Å². The van der Waals surface area contributed by atoms with Crippen molar-refractivity contribution in [3.8, 4) is 0 Å². The second-order valence-corrected chi connectivity index (χ2v) is 5.62. The van der Waals surface area contributed by atoms with Gasteiger partial charge in [0.05, 0.1) is 0 Å². The molecule has 0 saturated carbocycles. The largest absolute Gasteiger partial charge is 0.361 e. The molecule has 2 aliphatic heterocycles. The molecule has 2 fully saturated rings. The van der Waals surface area contributed by atoms with E-state index in [0.29, 0.717) is 6.42 Å². The highest BCUT2D eigenvalue weighted by Crippen LogP contribution is 2.42. The van der Waals surface area contributed by atoms with Gasteiger partial charge in [-0.15, -0.1) is 0 Å². The Balaban J connectivity index is 2.18. The van der Waals surface area contributed by atoms with Crippen molar-refractivity contribution in [2.75, 3.05) is 0 Å². The molecule has 1 unspecified atom stereocenters. The maximum absolute atomic E-state index is 10.5. The molecule has 4 atom stereocenters. The number of fused-ring (bicyclic) bond motifs is 1. The lowest BCUT2D eigenvalue weighted by Crippen LogP contribution is -2.58. The van der Waals surface area contributed by atoms with E-state index in [2.05, 4.69) is 6.92 Å². The van der Waals surface area contributed by atoms with E-state index in [1.807, 2.05) is 20.8 Å². The molecule has 18 heavy (non-hydrogen) atoms. The van der Waals surface area contributed by atoms with Crippen LogP contribution in [0.15, 0.2) is 0 Å². The molecule has 0 aliphatic carbocycles. The minimum Gasteiger partial charge on any atom is -0.361 e. The van der Waals surface area contributed by atoms with Crippen LogP contribution in [0.5, 0.6) is 0 Å². The second kappa shape index (κ2) is 5.06. The summed E-state index contributed by atoms with van der Waals surface area (Å²) < 4.78 is 11.7. The number of ether oxygens (including phenoxy) is 2. The van der Waals surface area contributed by atoms with E-state index in [1.165, 1.54) is 0 Å². The van der Waals surface area contributed by atoms with Gasteiger partial charge in [-0.2, -0.15) is 4.89 Å². The summed E-state index contributed by atoms with van der Waals surface area (Å²) in [5.41, 5.74) is 0. The average molecular weight is 260 g/mol. The Kier molecular flexibility index (Phi) is 3.99. The van der Waals surface area contributed by atoms with Gasteiger partial charge in [0.15, 0.2) is 5.79 Å². The first-order valence-electron chi connectivity index (χ1n) is 6.84. The van der Waals surface area contributed by atoms with E-state index < -0.39 is 17.7 Å². The van der Waals surface area contributed by atoms with E-state index >= 15 is 0 Å². The van der Waals surface area contributed by atoms with Crippen LogP contribution in [-0.4, -0.2) is 35.0 Å². The van der Waals surface area contributed by atoms with Crippen LogP contribution >= 0.6 is 0 Å². The van der Waals surface area contributed by atoms with E-state index in [-0.39, 0.29) is 12.2 Å². The Bertz CT molecular complexity index is 293. The van der Waals surface area contributed by atoms with E-state index in [1.54, 1.807) is 0 Å². The first-order chi connectivity index (χ1) is 8.42. The highest BCUT2D eigenvalue weighted by Gasteiger charge is 2.59. The molecule has 2 saturated heterocycles. The van der Waals surface area contributed by atoms with Crippen LogP contribution < -0.4 is 0 Å². The van der Waals surface area contributed by atoms with Crippen molar-refractivity contribution in [3.63, 3.8) is 0 Å². The van der Waals surface area contributed by atoms with Gasteiger partial charge in [-0.25, -0.2) is 4.89 Å². The maximum Gasteiger partial charge on any atom is 0.228 e. The third-order valence-electron chi connectivity index (χ3n) is 3.44. The Morgan fingerprint density at radius 2 is 1.83 bits per heavy atom. The van der Waals surface area contributed by atoms with Gasteiger partial charge < -0.3 is 14.6 Å². The first-order valence-corrected chi connectivity index (χ1v) is 6.84. The molecule has 2 heterocycles. The van der Waals surface area contributed by atoms with Crippen LogP contribution in [0, 0.1) is 0 Å². The number of rotatable bonds is 4. The minimum atomic E-state index is -1.41. The fourth-order valence-corrected chi connectivity index (χ4v) is 2.70. The highest BCUT2D eigenvalue weighted by atomic mass is 17.2. The van der Waals surface area contributed by atoms with Crippen LogP contribution in [0.2, 0.25) is 0 Å². The van der Waals surface area contributed by atoms with Crippen LogP contribution in [0.25, 0.3) is 0 Å². The van der Waals surface area contributed by atoms with Gasteiger partial charge in [-0.3, -0.25) is 0 Å². The van der Waals surface area contributed by atoms with Crippen LogP contribution in [0.4, 0.5) is 0 Å². The Labute approximate surface area is 108 Å². The van der Waals surface area contributed by atoms with Gasteiger partial charge in [0.25, 0.3) is 0 Å². The molecule has 5 nitrogen and oxygen atoms in total. The van der Waals surface area contributed by atoms with Crippen LogP contribution in [0.3, 0.4) is 0 Å². The summed E-state index contributed by atoms with van der Waals surface area (Å²) >= 11 is 0. The fraction of sp³-hybridized carbons (Fsp3) is 1.00. The highest BCUT2D eigenvalue weighted by molar-refractivity contribution is 4.96. The summed E-state index contributed by atoms with van der Waals surface area (Å²) in [5.74, 6) is -2.11. The SMILES string of the molecule is CCC[C@@H]1OOC(O)(CCC)[C@H]2OC(C)(C)O[C@@H]12. The molecule has 2 rings (SSSR count). The van der Waals surface area contributed by atoms with Crippen molar-refractivity contribution >= 4 is 0 Å². The van der Waals surface area contributed by atoms with E-state index in [4.69, 9.17) is 19.2 Å². The fourth-order valence-electron chi connectivity index (χ4n) is 2.70. The summed E-state index contributed by atoms with van der Waals surface area (Å²) in [6.07, 6.45) is 2.09. The van der Waals surface area contributed by atoms with Crippen molar-refractivity contribution < 1.29 is 24.4 Å². The van der Waals surface area contributed by atoms with Crippen molar-refractivity contribution in [3.05, 3.63) is 0 Å². The molecule has 0 amide bonds. The molecular weight excluding hydrogens is 236 g/mol. The van der Waals surface area contributed by atoms with Crippen molar-refractivity contribution in [1.82, 2.24) is 0 Å². The van der Waals surface area contributed by atoms with Gasteiger partial charge in [0, 0.05) is 6.42 Å². The van der Waals surface area contributed by atoms with Gasteiger partial charge in [-0.1, -0.05) is 26.7 Å². The predicted octanol–water partition coefficient (Wildman–Crippen LogP) is 2.13. The molecule has 5 heteroatoms. The third kappa shape index (κ3) is 2.56. The molecule has 0 aromatic heterocycles. The van der Waals surface area contributed by atoms with Crippen molar-refractivity contribution in [2.24, 2.45) is 0 Å². The lowest BCUT2D eigenvalue weighted by Gasteiger charge is -2.41. The summed E-state index contributed by atoms with van der Waals surface area (Å²) in [6, 6.07) is 0. The van der Waals surface area contributed by atoms with Crippen LogP contribution in [-0.2, 0) is 19.2 Å². The van der Waals surface area contributed by atoms with E-state index in [0.717, 1.165) is 19.3 Å². The third-order valence-corrected chi connectivity index (χ3v) is 3.44. The Hall–Kier alpha value is -0.200. The van der Waals surface area contributed by atoms with Gasteiger partial charge >= 0.3 is 0 Å². The number of aliphatic hydroxyl groups is 1. The van der Waals surface area contributed by atoms with Crippen molar-refractivity contribution in [1.29, 1.82) is 0 Å². The van der Waals surface area contributed by atoms with Gasteiger partial charge in [-0.05, 0) is 20.3 Å². The summed E-state index contributed by atoms with van der Waals surface area (Å²) in [7, 11) is 0. The van der Waals surface area contributed by atoms with E-state index in [9.17, 15) is 5.11 Å². The lowest BCUT2D eigenvalue weighted by molar-refractivity contribution is -0.488. The molecule has 2 aliphatic rings. The molecule has 0 radical (unpaired) electrons. The summed E-state index contributed by atoms with van der Waals surface area (Å²) in [4.78, 5) is 10.6. The van der Waals surface area contributed by atoms with Crippen LogP contribution in [0.1, 0.15) is 53.4 Å². The Morgan fingerprint density at radius 1 is 1.11 bits per heavy atom. The van der Waals surface area contributed by atoms with Crippen molar-refractivity contribution in [2.45, 2.75) is 83.3 Å². The summed E-state index contributed by atoms with van der Waals surface area (Å²) in [5, 5.41) is 10.5. The first kappa shape index (κ1) is 14.2. The minimum absolute atomic E-state index is 0.182. The molecule has 0 aromatic rings. The molecule has 106 valence electrons. The molecule has 0 spiro atoms. The summed E-state index contributed by atoms with van der Waals surface area (Å²) in [6.45, 7) is 7.75. The number of hydrogen-bond donors (Lipinski definition) is 1. The zero-order valence-corrected chi connectivity index (χ0v) is 11.6. The monoisotopic (exact) mass is 260 g/mol. The average Bonchev–Trinajstić information content (AvgIpc) is 2.61. The molecular formula is C13H24O5. The molecule has 0 aromatic carbocycles. The predicted molar refractivity (Wildman–Crippen MR) is 64.5 cm³/mol. The standard InChI is InChI=1S/C13H24O5/c1-5-7-9-10-11(16-12(3,4)15-10)13(14,8-6-2)18-17-9/h9-11,14H,5-8H2,1-4H3/t9-,10-,11-,13?/m0/s1. The lowest BCUT2D eigenvalue weighted by atomic mass is 9.94. The molecule has 0 bridgehead atoms. The Morgan fingerprint density at radius 3 is 2.44 bits per heavy atom. The quantitative estimate of drug-likeness (QED) is 0.785. The number of hydrogen-bond acceptors (Lipinski definition) is 5.